The Hall–Kier alpha value is -1.92. The van der Waals surface area contributed by atoms with Gasteiger partial charge in [0.15, 0.2) is 0 Å². The number of hydrogen-bond donors (Lipinski definition) is 0. The Morgan fingerprint density at radius 2 is 1.81 bits per heavy atom. The fourth-order valence-corrected chi connectivity index (χ4v) is 5.88. The monoisotopic (exact) mass is 388 g/mol. The molecular formula is C21H25FN2O2S. The van der Waals surface area contributed by atoms with Gasteiger partial charge in [-0.3, -0.25) is 0 Å². The molecule has 0 aromatic heterocycles. The Balaban J connectivity index is 1.73. The van der Waals surface area contributed by atoms with E-state index in [0.29, 0.717) is 12.0 Å². The van der Waals surface area contributed by atoms with E-state index in [1.165, 1.54) is 18.2 Å². The van der Waals surface area contributed by atoms with E-state index in [4.69, 9.17) is 0 Å². The van der Waals surface area contributed by atoms with Crippen molar-refractivity contribution in [3.05, 3.63) is 53.8 Å². The third-order valence-corrected chi connectivity index (χ3v) is 7.85. The summed E-state index contributed by atoms with van der Waals surface area (Å²) in [6.45, 7) is 5.34. The molecule has 2 aliphatic rings. The van der Waals surface area contributed by atoms with Crippen LogP contribution in [0.4, 0.5) is 10.1 Å². The first kappa shape index (κ1) is 18.4. The van der Waals surface area contributed by atoms with Crippen molar-refractivity contribution < 1.29 is 12.8 Å². The lowest BCUT2D eigenvalue weighted by molar-refractivity contribution is 0.298. The average molecular weight is 389 g/mol. The SMILES string of the molecule is CCN1CC[C@@H]2c3cc(S(=O)(=O)c4cccc(F)c4)ccc3N(C)[C@@H]2CC1. The number of nitrogens with zero attached hydrogens (tertiary/aromatic N) is 2. The Labute approximate surface area is 160 Å². The first-order chi connectivity index (χ1) is 12.9. The third-order valence-electron chi connectivity index (χ3n) is 6.10. The van der Waals surface area contributed by atoms with Crippen molar-refractivity contribution in [3.63, 3.8) is 0 Å². The van der Waals surface area contributed by atoms with Crippen LogP contribution in [0.25, 0.3) is 0 Å². The van der Waals surface area contributed by atoms with Gasteiger partial charge in [-0.15, -0.1) is 0 Å². The van der Waals surface area contributed by atoms with Crippen molar-refractivity contribution in [1.29, 1.82) is 0 Å². The number of sulfone groups is 1. The lowest BCUT2D eigenvalue weighted by Gasteiger charge is -2.25. The van der Waals surface area contributed by atoms with Crippen LogP contribution < -0.4 is 4.90 Å². The topological polar surface area (TPSA) is 40.6 Å². The van der Waals surface area contributed by atoms with Gasteiger partial charge in [-0.1, -0.05) is 13.0 Å². The summed E-state index contributed by atoms with van der Waals surface area (Å²) < 4.78 is 39.6. The third kappa shape index (κ3) is 3.15. The molecule has 6 heteroatoms. The van der Waals surface area contributed by atoms with Crippen molar-refractivity contribution in [2.75, 3.05) is 31.6 Å². The van der Waals surface area contributed by atoms with Crippen LogP contribution in [0, 0.1) is 5.82 Å². The number of halogens is 1. The standard InChI is InChI=1S/C21H25FN2O2S/c1-3-24-11-9-18-19-14-17(7-8-20(19)23(2)21(18)10-12-24)27(25,26)16-6-4-5-15(22)13-16/h4-8,13-14,18,21H,3,9-12H2,1-2H3/t18-,21-/m1/s1. The zero-order chi connectivity index (χ0) is 19.2. The van der Waals surface area contributed by atoms with Crippen molar-refractivity contribution >= 4 is 15.5 Å². The summed E-state index contributed by atoms with van der Waals surface area (Å²) in [6.07, 6.45) is 2.11. The van der Waals surface area contributed by atoms with Crippen LogP contribution in [0.3, 0.4) is 0 Å². The maximum absolute atomic E-state index is 13.5. The molecule has 0 bridgehead atoms. The smallest absolute Gasteiger partial charge is 0.206 e. The van der Waals surface area contributed by atoms with Crippen molar-refractivity contribution in [3.8, 4) is 0 Å². The molecule has 1 saturated heterocycles. The van der Waals surface area contributed by atoms with Crippen molar-refractivity contribution in [2.24, 2.45) is 0 Å². The molecule has 0 saturated carbocycles. The van der Waals surface area contributed by atoms with E-state index in [1.54, 1.807) is 6.07 Å². The van der Waals surface area contributed by atoms with Crippen LogP contribution in [0.5, 0.6) is 0 Å². The summed E-state index contributed by atoms with van der Waals surface area (Å²) >= 11 is 0. The van der Waals surface area contributed by atoms with Gasteiger partial charge in [0.2, 0.25) is 9.84 Å². The average Bonchev–Trinajstić information content (AvgIpc) is 2.82. The van der Waals surface area contributed by atoms with Crippen LogP contribution in [0.2, 0.25) is 0 Å². The summed E-state index contributed by atoms with van der Waals surface area (Å²) in [5.41, 5.74) is 2.23. The van der Waals surface area contributed by atoms with E-state index in [9.17, 15) is 12.8 Å². The number of hydrogen-bond acceptors (Lipinski definition) is 4. The van der Waals surface area contributed by atoms with Gasteiger partial charge >= 0.3 is 0 Å². The van der Waals surface area contributed by atoms with Gasteiger partial charge in [0.25, 0.3) is 0 Å². The fraction of sp³-hybridized carbons (Fsp3) is 0.429. The highest BCUT2D eigenvalue weighted by atomic mass is 32.2. The summed E-state index contributed by atoms with van der Waals surface area (Å²) in [6, 6.07) is 11.0. The summed E-state index contributed by atoms with van der Waals surface area (Å²) in [5.74, 6) is -0.204. The second kappa shape index (κ2) is 6.91. The van der Waals surface area contributed by atoms with Gasteiger partial charge in [-0.05, 0) is 67.9 Å². The molecule has 2 aromatic rings. The molecule has 0 N–H and O–H groups in total. The molecule has 0 radical (unpaired) electrons. The van der Waals surface area contributed by atoms with Gasteiger partial charge < -0.3 is 9.80 Å². The van der Waals surface area contributed by atoms with Crippen LogP contribution >= 0.6 is 0 Å². The van der Waals surface area contributed by atoms with E-state index in [1.807, 2.05) is 12.1 Å². The number of likely N-dealkylation sites (tertiary alicyclic amines) is 1. The Morgan fingerprint density at radius 1 is 1.07 bits per heavy atom. The van der Waals surface area contributed by atoms with Crippen molar-refractivity contribution in [2.45, 2.75) is 41.5 Å². The highest BCUT2D eigenvalue weighted by Gasteiger charge is 2.38. The molecule has 4 rings (SSSR count). The van der Waals surface area contributed by atoms with E-state index in [2.05, 4.69) is 23.8 Å². The van der Waals surface area contributed by atoms with E-state index in [-0.39, 0.29) is 9.79 Å². The number of rotatable bonds is 3. The van der Waals surface area contributed by atoms with Gasteiger partial charge in [0.05, 0.1) is 9.79 Å². The Kier molecular flexibility index (Phi) is 4.72. The summed E-state index contributed by atoms with van der Waals surface area (Å²) in [7, 11) is -1.63. The molecule has 2 aromatic carbocycles. The predicted molar refractivity (Wildman–Crippen MR) is 105 cm³/mol. The fourth-order valence-electron chi connectivity index (χ4n) is 4.55. The second-order valence-corrected chi connectivity index (χ2v) is 9.43. The van der Waals surface area contributed by atoms with Crippen LogP contribution in [0.15, 0.2) is 52.3 Å². The van der Waals surface area contributed by atoms with Gasteiger partial charge in [-0.25, -0.2) is 12.8 Å². The molecule has 0 aliphatic carbocycles. The summed E-state index contributed by atoms with van der Waals surface area (Å²) in [4.78, 5) is 5.01. The quantitative estimate of drug-likeness (QED) is 0.804. The largest absolute Gasteiger partial charge is 0.371 e. The number of likely N-dealkylation sites (N-methyl/N-ethyl adjacent to an activating group) is 1. The minimum absolute atomic E-state index is 0.00313. The molecule has 0 spiro atoms. The van der Waals surface area contributed by atoms with Crippen LogP contribution in [-0.4, -0.2) is 46.0 Å². The van der Waals surface area contributed by atoms with Gasteiger partial charge in [0.1, 0.15) is 5.82 Å². The molecule has 2 atom stereocenters. The maximum Gasteiger partial charge on any atom is 0.206 e. The zero-order valence-corrected chi connectivity index (χ0v) is 16.5. The lowest BCUT2D eigenvalue weighted by atomic mass is 9.91. The predicted octanol–water partition coefficient (Wildman–Crippen LogP) is 3.68. The highest BCUT2D eigenvalue weighted by molar-refractivity contribution is 7.91. The highest BCUT2D eigenvalue weighted by Crippen LogP contribution is 2.45. The molecule has 1 fully saturated rings. The molecule has 2 heterocycles. The zero-order valence-electron chi connectivity index (χ0n) is 15.7. The molecule has 4 nitrogen and oxygen atoms in total. The lowest BCUT2D eigenvalue weighted by Crippen LogP contribution is -2.31. The molecular weight excluding hydrogens is 363 g/mol. The first-order valence-corrected chi connectivity index (χ1v) is 11.0. The minimum atomic E-state index is -3.73. The second-order valence-electron chi connectivity index (χ2n) is 7.48. The first-order valence-electron chi connectivity index (χ1n) is 9.51. The molecule has 144 valence electrons. The maximum atomic E-state index is 13.5. The minimum Gasteiger partial charge on any atom is -0.371 e. The van der Waals surface area contributed by atoms with E-state index in [0.717, 1.165) is 49.8 Å². The molecule has 0 amide bonds. The van der Waals surface area contributed by atoms with Gasteiger partial charge in [-0.2, -0.15) is 0 Å². The van der Waals surface area contributed by atoms with E-state index >= 15 is 0 Å². The molecule has 2 aliphatic heterocycles. The van der Waals surface area contributed by atoms with Crippen molar-refractivity contribution in [1.82, 2.24) is 4.90 Å². The normalized spacial score (nSPS) is 23.0. The Bertz CT molecular complexity index is 960. The molecule has 0 unspecified atom stereocenters. The van der Waals surface area contributed by atoms with Gasteiger partial charge in [0, 0.05) is 31.2 Å². The van der Waals surface area contributed by atoms with E-state index < -0.39 is 15.7 Å². The molecule has 27 heavy (non-hydrogen) atoms. The number of anilines is 1. The Morgan fingerprint density at radius 3 is 2.56 bits per heavy atom. The summed E-state index contributed by atoms with van der Waals surface area (Å²) in [5, 5.41) is 0. The van der Waals surface area contributed by atoms with Crippen LogP contribution in [-0.2, 0) is 9.84 Å². The number of benzene rings is 2. The van der Waals surface area contributed by atoms with Crippen LogP contribution in [0.1, 0.15) is 31.2 Å². The number of fused-ring (bicyclic) bond motifs is 3.